The minimum absolute atomic E-state index is 0.218. The molecule has 0 aliphatic heterocycles. The number of hydrogen-bond acceptors (Lipinski definition) is 4. The van der Waals surface area contributed by atoms with E-state index in [1.165, 1.54) is 19.2 Å². The van der Waals surface area contributed by atoms with Gasteiger partial charge in [-0.1, -0.05) is 12.1 Å². The molecule has 2 heterocycles. The molecule has 7 heteroatoms. The lowest BCUT2D eigenvalue weighted by molar-refractivity contribution is 0.0595. The fourth-order valence-electron chi connectivity index (χ4n) is 3.34. The van der Waals surface area contributed by atoms with Crippen molar-refractivity contribution in [2.75, 3.05) is 7.11 Å². The molecule has 0 unspecified atom stereocenters. The van der Waals surface area contributed by atoms with Gasteiger partial charge in [-0.3, -0.25) is 0 Å². The smallest absolute Gasteiger partial charge is 0.356 e. The summed E-state index contributed by atoms with van der Waals surface area (Å²) in [5, 5.41) is 0. The number of rotatable bonds is 5. The van der Waals surface area contributed by atoms with Crippen LogP contribution in [0.25, 0.3) is 29.1 Å². The summed E-state index contributed by atoms with van der Waals surface area (Å²) in [6.45, 7) is 3.99. The molecule has 0 aliphatic carbocycles. The zero-order valence-corrected chi connectivity index (χ0v) is 17.4. The molecule has 0 fully saturated rings. The summed E-state index contributed by atoms with van der Waals surface area (Å²) in [6.07, 6.45) is 7.47. The average molecular weight is 416 g/mol. The quantitative estimate of drug-likeness (QED) is 0.466. The molecule has 4 rings (SSSR count). The summed E-state index contributed by atoms with van der Waals surface area (Å²) in [6, 6.07) is 11.9. The molecule has 31 heavy (non-hydrogen) atoms. The molecule has 0 spiro atoms. The number of H-pyrrole nitrogens is 1. The zero-order valence-electron chi connectivity index (χ0n) is 17.4. The lowest BCUT2D eigenvalue weighted by Crippen LogP contribution is -2.03. The van der Waals surface area contributed by atoms with E-state index in [9.17, 15) is 9.18 Å². The third-order valence-corrected chi connectivity index (χ3v) is 4.87. The van der Waals surface area contributed by atoms with Crippen LogP contribution in [0.4, 0.5) is 4.39 Å². The molecule has 0 radical (unpaired) electrons. The number of nitrogens with one attached hydrogen (secondary N) is 1. The zero-order chi connectivity index (χ0) is 22.0. The Hall–Kier alpha value is -4.00. The normalized spacial score (nSPS) is 11.2. The predicted molar refractivity (Wildman–Crippen MR) is 117 cm³/mol. The second-order valence-corrected chi connectivity index (χ2v) is 7.15. The van der Waals surface area contributed by atoms with E-state index in [0.29, 0.717) is 17.1 Å². The number of nitrogens with zero attached hydrogens (tertiary/aromatic N) is 3. The van der Waals surface area contributed by atoms with Crippen LogP contribution in [0.2, 0.25) is 0 Å². The van der Waals surface area contributed by atoms with Gasteiger partial charge >= 0.3 is 5.97 Å². The van der Waals surface area contributed by atoms with Crippen molar-refractivity contribution in [1.29, 1.82) is 0 Å². The van der Waals surface area contributed by atoms with E-state index in [4.69, 9.17) is 4.74 Å². The number of aromatic amines is 1. The van der Waals surface area contributed by atoms with Gasteiger partial charge in [-0.25, -0.2) is 19.2 Å². The Morgan fingerprint density at radius 2 is 1.90 bits per heavy atom. The van der Waals surface area contributed by atoms with Crippen LogP contribution in [-0.2, 0) is 4.74 Å². The summed E-state index contributed by atoms with van der Waals surface area (Å²) in [4.78, 5) is 24.0. The second-order valence-electron chi connectivity index (χ2n) is 7.15. The molecule has 1 N–H and O–H groups in total. The van der Waals surface area contributed by atoms with Gasteiger partial charge in [0.05, 0.1) is 19.1 Å². The van der Waals surface area contributed by atoms with Crippen LogP contribution in [0.3, 0.4) is 0 Å². The third-order valence-electron chi connectivity index (χ3n) is 4.87. The maximum atomic E-state index is 13.3. The number of benzene rings is 2. The van der Waals surface area contributed by atoms with Crippen LogP contribution in [0.5, 0.6) is 0 Å². The van der Waals surface area contributed by atoms with Crippen LogP contribution in [0, 0.1) is 19.7 Å². The van der Waals surface area contributed by atoms with Gasteiger partial charge in [-0.05, 0) is 67.4 Å². The summed E-state index contributed by atoms with van der Waals surface area (Å²) >= 11 is 0. The molecule has 0 saturated carbocycles. The van der Waals surface area contributed by atoms with E-state index < -0.39 is 5.97 Å². The number of esters is 1. The van der Waals surface area contributed by atoms with Crippen molar-refractivity contribution in [3.63, 3.8) is 0 Å². The maximum Gasteiger partial charge on any atom is 0.356 e. The van der Waals surface area contributed by atoms with Crippen molar-refractivity contribution in [1.82, 2.24) is 19.5 Å². The maximum absolute atomic E-state index is 13.3. The number of aromatic nitrogens is 4. The van der Waals surface area contributed by atoms with Gasteiger partial charge in [0.1, 0.15) is 17.3 Å². The lowest BCUT2D eigenvalue weighted by atomic mass is 10.1. The molecule has 156 valence electrons. The standard InChI is InChI=1S/C24H21FN4O2/c1-15-12-17(4-10-20(15)29-13-16(2)26-14-29)5-11-21-27-22(23(28-21)24(30)31-3)18-6-8-19(25)9-7-18/h4-14H,1-3H3,(H,27,28)/b11-5+. The van der Waals surface area contributed by atoms with E-state index in [-0.39, 0.29) is 11.5 Å². The SMILES string of the molecule is COC(=O)c1[nH]c(/C=C/c2ccc(-n3cnc(C)c3)c(C)c2)nc1-c1ccc(F)cc1. The highest BCUT2D eigenvalue weighted by atomic mass is 19.1. The Morgan fingerprint density at radius 1 is 1.13 bits per heavy atom. The van der Waals surface area contributed by atoms with E-state index in [2.05, 4.69) is 21.0 Å². The molecule has 0 atom stereocenters. The molecule has 2 aromatic carbocycles. The van der Waals surface area contributed by atoms with Crippen molar-refractivity contribution in [3.05, 3.63) is 89.1 Å². The second kappa shape index (κ2) is 8.39. The third kappa shape index (κ3) is 4.30. The number of carbonyl (C=O) groups is 1. The van der Waals surface area contributed by atoms with Crippen molar-refractivity contribution in [3.8, 4) is 16.9 Å². The number of imidazole rings is 2. The van der Waals surface area contributed by atoms with Crippen LogP contribution < -0.4 is 0 Å². The van der Waals surface area contributed by atoms with E-state index >= 15 is 0 Å². The Labute approximate surface area is 179 Å². The molecular formula is C24H21FN4O2. The van der Waals surface area contributed by atoms with Gasteiger partial charge in [0.25, 0.3) is 0 Å². The van der Waals surface area contributed by atoms with E-state index in [0.717, 1.165) is 22.5 Å². The van der Waals surface area contributed by atoms with Crippen molar-refractivity contribution >= 4 is 18.1 Å². The molecule has 0 bridgehead atoms. The first kappa shape index (κ1) is 20.3. The molecule has 0 aliphatic rings. The Kier molecular flexibility index (Phi) is 5.49. The molecule has 6 nitrogen and oxygen atoms in total. The fraction of sp³-hybridized carbons (Fsp3) is 0.125. The Bertz CT molecular complexity index is 1270. The summed E-state index contributed by atoms with van der Waals surface area (Å²) in [5.41, 5.74) is 5.35. The largest absolute Gasteiger partial charge is 0.464 e. The molecule has 2 aromatic heterocycles. The van der Waals surface area contributed by atoms with Crippen molar-refractivity contribution < 1.29 is 13.9 Å². The van der Waals surface area contributed by atoms with Crippen LogP contribution >= 0.6 is 0 Å². The first-order valence-electron chi connectivity index (χ1n) is 9.68. The summed E-state index contributed by atoms with van der Waals surface area (Å²) in [7, 11) is 1.30. The van der Waals surface area contributed by atoms with Crippen LogP contribution in [-0.4, -0.2) is 32.6 Å². The number of hydrogen-bond donors (Lipinski definition) is 1. The Balaban J connectivity index is 1.64. The average Bonchev–Trinajstić information content (AvgIpc) is 3.39. The van der Waals surface area contributed by atoms with Crippen molar-refractivity contribution in [2.24, 2.45) is 0 Å². The van der Waals surface area contributed by atoms with E-state index in [1.54, 1.807) is 24.5 Å². The summed E-state index contributed by atoms with van der Waals surface area (Å²) in [5.74, 6) is -0.405. The summed E-state index contributed by atoms with van der Waals surface area (Å²) < 4.78 is 20.1. The Morgan fingerprint density at radius 3 is 2.55 bits per heavy atom. The molecule has 0 amide bonds. The number of methoxy groups -OCH3 is 1. The van der Waals surface area contributed by atoms with Crippen LogP contribution in [0.1, 0.15) is 33.1 Å². The number of carbonyl (C=O) groups excluding carboxylic acids is 1. The first-order chi connectivity index (χ1) is 14.9. The number of halogens is 1. The van der Waals surface area contributed by atoms with Gasteiger partial charge in [0, 0.05) is 17.4 Å². The van der Waals surface area contributed by atoms with Gasteiger partial charge in [-0.2, -0.15) is 0 Å². The fourth-order valence-corrected chi connectivity index (χ4v) is 3.34. The molecule has 0 saturated heterocycles. The topological polar surface area (TPSA) is 72.8 Å². The van der Waals surface area contributed by atoms with Gasteiger partial charge in [0.2, 0.25) is 0 Å². The number of ether oxygens (including phenoxy) is 1. The molecular weight excluding hydrogens is 395 g/mol. The molecule has 4 aromatic rings. The minimum Gasteiger partial charge on any atom is -0.464 e. The van der Waals surface area contributed by atoms with Gasteiger partial charge in [-0.15, -0.1) is 0 Å². The minimum atomic E-state index is -0.540. The highest BCUT2D eigenvalue weighted by Gasteiger charge is 2.18. The van der Waals surface area contributed by atoms with E-state index in [1.807, 2.05) is 42.8 Å². The van der Waals surface area contributed by atoms with Crippen LogP contribution in [0.15, 0.2) is 55.0 Å². The van der Waals surface area contributed by atoms with Crippen molar-refractivity contribution in [2.45, 2.75) is 13.8 Å². The first-order valence-corrected chi connectivity index (χ1v) is 9.68. The predicted octanol–water partition coefficient (Wildman–Crippen LogP) is 4.98. The van der Waals surface area contributed by atoms with Gasteiger partial charge < -0.3 is 14.3 Å². The lowest BCUT2D eigenvalue weighted by Gasteiger charge is -2.07. The monoisotopic (exact) mass is 416 g/mol. The number of aryl methyl sites for hydroxylation is 2. The highest BCUT2D eigenvalue weighted by Crippen LogP contribution is 2.24. The highest BCUT2D eigenvalue weighted by molar-refractivity contribution is 5.94. The van der Waals surface area contributed by atoms with Gasteiger partial charge in [0.15, 0.2) is 5.69 Å².